The van der Waals surface area contributed by atoms with E-state index in [1.165, 1.54) is 0 Å². The van der Waals surface area contributed by atoms with Crippen LogP contribution in [0.25, 0.3) is 0 Å². The van der Waals surface area contributed by atoms with Gasteiger partial charge in [0, 0.05) is 13.7 Å². The lowest BCUT2D eigenvalue weighted by molar-refractivity contribution is -0.130. The van der Waals surface area contributed by atoms with Gasteiger partial charge in [-0.05, 0) is 18.4 Å². The van der Waals surface area contributed by atoms with E-state index in [1.807, 2.05) is 42.2 Å². The number of ether oxygens (including phenoxy) is 1. The van der Waals surface area contributed by atoms with Gasteiger partial charge in [-0.25, -0.2) is 0 Å². The quantitative estimate of drug-likeness (QED) is 0.879. The van der Waals surface area contributed by atoms with Gasteiger partial charge in [-0.2, -0.15) is 0 Å². The molecule has 0 bridgehead atoms. The highest BCUT2D eigenvalue weighted by Crippen LogP contribution is 2.24. The molecule has 0 radical (unpaired) electrons. The molecule has 1 heterocycles. The summed E-state index contributed by atoms with van der Waals surface area (Å²) in [5, 5.41) is 3.35. The van der Waals surface area contributed by atoms with Gasteiger partial charge < -0.3 is 9.64 Å². The summed E-state index contributed by atoms with van der Waals surface area (Å²) in [6, 6.07) is 9.65. The first-order valence-corrected chi connectivity index (χ1v) is 6.74. The Labute approximate surface area is 114 Å². The third kappa shape index (κ3) is 3.14. The van der Waals surface area contributed by atoms with Gasteiger partial charge in [0.1, 0.15) is 6.04 Å². The molecule has 1 fully saturated rings. The average molecular weight is 262 g/mol. The summed E-state index contributed by atoms with van der Waals surface area (Å²) in [7, 11) is 1.69. The fourth-order valence-corrected chi connectivity index (χ4v) is 2.56. The maximum atomic E-state index is 12.5. The number of benzene rings is 1. The smallest absolute Gasteiger partial charge is 0.245 e. The zero-order chi connectivity index (χ0) is 13.8. The molecule has 104 valence electrons. The Morgan fingerprint density at radius 2 is 2.05 bits per heavy atom. The van der Waals surface area contributed by atoms with Gasteiger partial charge >= 0.3 is 0 Å². The van der Waals surface area contributed by atoms with Crippen LogP contribution in [-0.4, -0.2) is 37.2 Å². The summed E-state index contributed by atoms with van der Waals surface area (Å²) >= 11 is 0. The molecule has 0 aromatic heterocycles. The summed E-state index contributed by atoms with van der Waals surface area (Å²) < 4.78 is 5.14. The molecule has 4 nitrogen and oxygen atoms in total. The van der Waals surface area contributed by atoms with Gasteiger partial charge in [0.2, 0.25) is 5.91 Å². The molecule has 2 rings (SSSR count). The number of carbonyl (C=O) groups is 1. The fourth-order valence-electron chi connectivity index (χ4n) is 2.56. The molecular formula is C15H22N2O2. The number of amides is 1. The summed E-state index contributed by atoms with van der Waals surface area (Å²) in [5.74, 6) is 0.495. The van der Waals surface area contributed by atoms with Crippen LogP contribution in [0.2, 0.25) is 0 Å². The molecule has 1 saturated heterocycles. The third-order valence-electron chi connectivity index (χ3n) is 3.50. The van der Waals surface area contributed by atoms with Crippen molar-refractivity contribution in [3.8, 4) is 0 Å². The Morgan fingerprint density at radius 3 is 2.68 bits per heavy atom. The van der Waals surface area contributed by atoms with Crippen molar-refractivity contribution in [1.29, 1.82) is 0 Å². The standard InChI is InChI=1S/C15H22N2O2/c1-11(10-19-3)9-17-12(2)16-14(15(17)18)13-7-5-4-6-8-13/h4-8,11-12,14,16H,9-10H2,1-3H3. The molecule has 1 aromatic rings. The van der Waals surface area contributed by atoms with Crippen molar-refractivity contribution < 1.29 is 9.53 Å². The minimum atomic E-state index is -0.217. The fraction of sp³-hybridized carbons (Fsp3) is 0.533. The van der Waals surface area contributed by atoms with Crippen LogP contribution in [0.3, 0.4) is 0 Å². The Hall–Kier alpha value is -1.39. The van der Waals surface area contributed by atoms with Crippen LogP contribution >= 0.6 is 0 Å². The molecule has 19 heavy (non-hydrogen) atoms. The first-order valence-electron chi connectivity index (χ1n) is 6.74. The molecule has 0 saturated carbocycles. The molecule has 4 heteroatoms. The van der Waals surface area contributed by atoms with Gasteiger partial charge in [0.25, 0.3) is 0 Å². The topological polar surface area (TPSA) is 41.6 Å². The van der Waals surface area contributed by atoms with Crippen LogP contribution in [0.15, 0.2) is 30.3 Å². The monoisotopic (exact) mass is 262 g/mol. The predicted molar refractivity (Wildman–Crippen MR) is 74.5 cm³/mol. The zero-order valence-corrected chi connectivity index (χ0v) is 11.8. The predicted octanol–water partition coefficient (Wildman–Crippen LogP) is 1.79. The largest absolute Gasteiger partial charge is 0.384 e. The molecule has 3 unspecified atom stereocenters. The highest BCUT2D eigenvalue weighted by Gasteiger charge is 2.37. The van der Waals surface area contributed by atoms with Gasteiger partial charge in [0.05, 0.1) is 12.8 Å². The van der Waals surface area contributed by atoms with Crippen molar-refractivity contribution in [3.05, 3.63) is 35.9 Å². The molecule has 1 aliphatic heterocycles. The minimum Gasteiger partial charge on any atom is -0.384 e. The summed E-state index contributed by atoms with van der Waals surface area (Å²) in [5.41, 5.74) is 1.03. The summed E-state index contributed by atoms with van der Waals surface area (Å²) in [6.07, 6.45) is 0.0667. The highest BCUT2D eigenvalue weighted by molar-refractivity contribution is 5.85. The van der Waals surface area contributed by atoms with E-state index in [9.17, 15) is 4.79 Å². The van der Waals surface area contributed by atoms with Crippen molar-refractivity contribution in [2.24, 2.45) is 5.92 Å². The Balaban J connectivity index is 2.06. The van der Waals surface area contributed by atoms with Crippen LogP contribution < -0.4 is 5.32 Å². The van der Waals surface area contributed by atoms with E-state index in [0.29, 0.717) is 12.5 Å². The Kier molecular flexibility index (Phi) is 4.56. The van der Waals surface area contributed by atoms with E-state index in [4.69, 9.17) is 4.74 Å². The van der Waals surface area contributed by atoms with E-state index in [0.717, 1.165) is 12.1 Å². The lowest BCUT2D eigenvalue weighted by atomic mass is 10.1. The molecule has 3 atom stereocenters. The lowest BCUT2D eigenvalue weighted by Crippen LogP contribution is -2.38. The first kappa shape index (κ1) is 14.0. The lowest BCUT2D eigenvalue weighted by Gasteiger charge is -2.24. The number of methoxy groups -OCH3 is 1. The summed E-state index contributed by atoms with van der Waals surface area (Å²) in [4.78, 5) is 14.4. The van der Waals surface area contributed by atoms with Gasteiger partial charge in [-0.3, -0.25) is 10.1 Å². The average Bonchev–Trinajstić information content (AvgIpc) is 2.68. The van der Waals surface area contributed by atoms with Gasteiger partial charge in [0.15, 0.2) is 0 Å². The normalized spacial score (nSPS) is 24.8. The van der Waals surface area contributed by atoms with E-state index < -0.39 is 0 Å². The van der Waals surface area contributed by atoms with E-state index in [1.54, 1.807) is 7.11 Å². The van der Waals surface area contributed by atoms with Crippen LogP contribution in [-0.2, 0) is 9.53 Å². The Bertz CT molecular complexity index is 421. The van der Waals surface area contributed by atoms with E-state index in [-0.39, 0.29) is 18.1 Å². The third-order valence-corrected chi connectivity index (χ3v) is 3.50. The number of nitrogens with one attached hydrogen (secondary N) is 1. The second-order valence-corrected chi connectivity index (χ2v) is 5.24. The van der Waals surface area contributed by atoms with E-state index in [2.05, 4.69) is 12.2 Å². The number of nitrogens with zero attached hydrogens (tertiary/aromatic N) is 1. The zero-order valence-electron chi connectivity index (χ0n) is 11.8. The van der Waals surface area contributed by atoms with Gasteiger partial charge in [-0.15, -0.1) is 0 Å². The van der Waals surface area contributed by atoms with Crippen molar-refractivity contribution in [2.75, 3.05) is 20.3 Å². The molecular weight excluding hydrogens is 240 g/mol. The molecule has 0 spiro atoms. The van der Waals surface area contributed by atoms with E-state index >= 15 is 0 Å². The van der Waals surface area contributed by atoms with Crippen LogP contribution in [0.1, 0.15) is 25.5 Å². The minimum absolute atomic E-state index is 0.0667. The van der Waals surface area contributed by atoms with Crippen molar-refractivity contribution >= 4 is 5.91 Å². The van der Waals surface area contributed by atoms with Crippen LogP contribution in [0, 0.1) is 5.92 Å². The maximum Gasteiger partial charge on any atom is 0.245 e. The number of hydrogen-bond acceptors (Lipinski definition) is 3. The maximum absolute atomic E-state index is 12.5. The Morgan fingerprint density at radius 1 is 1.37 bits per heavy atom. The van der Waals surface area contributed by atoms with Crippen LogP contribution in [0.4, 0.5) is 0 Å². The second kappa shape index (κ2) is 6.17. The van der Waals surface area contributed by atoms with Crippen molar-refractivity contribution in [2.45, 2.75) is 26.1 Å². The second-order valence-electron chi connectivity index (χ2n) is 5.24. The highest BCUT2D eigenvalue weighted by atomic mass is 16.5. The first-order chi connectivity index (χ1) is 9.13. The van der Waals surface area contributed by atoms with Crippen LogP contribution in [0.5, 0.6) is 0 Å². The molecule has 1 N–H and O–H groups in total. The van der Waals surface area contributed by atoms with Crippen molar-refractivity contribution in [1.82, 2.24) is 10.2 Å². The molecule has 1 aliphatic rings. The number of hydrogen-bond donors (Lipinski definition) is 1. The molecule has 0 aliphatic carbocycles. The van der Waals surface area contributed by atoms with Gasteiger partial charge in [-0.1, -0.05) is 37.3 Å². The number of rotatable bonds is 5. The van der Waals surface area contributed by atoms with Crippen molar-refractivity contribution in [3.63, 3.8) is 0 Å². The summed E-state index contributed by atoms with van der Waals surface area (Å²) in [6.45, 7) is 5.52. The molecule has 1 amide bonds. The SMILES string of the molecule is COCC(C)CN1C(=O)C(c2ccccc2)NC1C. The molecule has 1 aromatic carbocycles. The number of carbonyl (C=O) groups excluding carboxylic acids is 1.